The summed E-state index contributed by atoms with van der Waals surface area (Å²) in [7, 11) is 2.08. The molecule has 1 aromatic heterocycles. The lowest BCUT2D eigenvalue weighted by atomic mass is 9.88. The zero-order valence-corrected chi connectivity index (χ0v) is 17.4. The first-order valence-corrected chi connectivity index (χ1v) is 10.2. The molecule has 1 aliphatic rings. The fraction of sp³-hybridized carbons (Fsp3) is 0.148. The lowest BCUT2D eigenvalue weighted by Gasteiger charge is -2.24. The third kappa shape index (κ3) is 2.15. The number of hydrogen-bond acceptors (Lipinski definition) is 1. The smallest absolute Gasteiger partial charge is 0.228 e. The Morgan fingerprint density at radius 2 is 1.60 bits per heavy atom. The van der Waals surface area contributed by atoms with Crippen LogP contribution >= 0.6 is 0 Å². The van der Waals surface area contributed by atoms with E-state index in [0.717, 1.165) is 49.9 Å². The number of benzene rings is 4. The van der Waals surface area contributed by atoms with E-state index in [1.165, 1.54) is 28.0 Å². The van der Waals surface area contributed by atoms with Gasteiger partial charge in [0, 0.05) is 17.0 Å². The van der Waals surface area contributed by atoms with Crippen molar-refractivity contribution in [3.63, 3.8) is 0 Å². The molecule has 0 fully saturated rings. The number of aryl methyl sites for hydroxylation is 4. The number of nitrogens with zero attached hydrogens (tertiary/aromatic N) is 1. The second kappa shape index (κ2) is 5.79. The summed E-state index contributed by atoms with van der Waals surface area (Å²) < 4.78 is 22.7. The molecule has 5 aromatic rings. The van der Waals surface area contributed by atoms with Gasteiger partial charge in [-0.05, 0) is 66.1 Å². The van der Waals surface area contributed by atoms with Crippen molar-refractivity contribution in [1.82, 2.24) is 0 Å². The van der Waals surface area contributed by atoms with Crippen molar-refractivity contribution in [1.29, 1.82) is 0 Å². The first kappa shape index (κ1) is 17.4. The first-order valence-electron chi connectivity index (χ1n) is 10.2. The number of fused-ring (bicyclic) bond motifs is 5. The molecule has 4 aromatic carbocycles. The second-order valence-electron chi connectivity index (χ2n) is 8.41. The van der Waals surface area contributed by atoms with Gasteiger partial charge in [0.1, 0.15) is 24.4 Å². The van der Waals surface area contributed by atoms with E-state index < -0.39 is 0 Å². The highest BCUT2D eigenvalue weighted by atomic mass is 19.1. The van der Waals surface area contributed by atoms with Gasteiger partial charge in [-0.25, -0.2) is 8.96 Å². The van der Waals surface area contributed by atoms with Crippen LogP contribution < -0.4 is 9.30 Å². The second-order valence-corrected chi connectivity index (χ2v) is 8.41. The van der Waals surface area contributed by atoms with Crippen molar-refractivity contribution in [2.24, 2.45) is 7.05 Å². The molecule has 0 saturated heterocycles. The molecule has 0 N–H and O–H groups in total. The highest BCUT2D eigenvalue weighted by Gasteiger charge is 2.32. The van der Waals surface area contributed by atoms with Crippen LogP contribution in [0.15, 0.2) is 54.7 Å². The van der Waals surface area contributed by atoms with Crippen molar-refractivity contribution in [3.05, 3.63) is 77.2 Å². The maximum Gasteiger partial charge on any atom is 0.228 e. The van der Waals surface area contributed by atoms with E-state index in [1.54, 1.807) is 6.07 Å². The van der Waals surface area contributed by atoms with Crippen LogP contribution in [0, 0.1) is 26.6 Å². The Morgan fingerprint density at radius 1 is 0.800 bits per heavy atom. The molecular weight excluding hydrogens is 373 g/mol. The van der Waals surface area contributed by atoms with Crippen molar-refractivity contribution in [3.8, 4) is 22.8 Å². The van der Waals surface area contributed by atoms with Gasteiger partial charge in [0.05, 0.1) is 10.9 Å². The van der Waals surface area contributed by atoms with E-state index in [-0.39, 0.29) is 5.82 Å². The van der Waals surface area contributed by atoms with Crippen LogP contribution in [-0.4, -0.2) is 0 Å². The normalized spacial score (nSPS) is 12.4. The molecule has 6 rings (SSSR count). The molecule has 0 aliphatic carbocycles. The monoisotopic (exact) mass is 394 g/mol. The largest absolute Gasteiger partial charge is 0.455 e. The third-order valence-corrected chi connectivity index (χ3v) is 6.53. The molecule has 0 saturated carbocycles. The molecule has 0 unspecified atom stereocenters. The summed E-state index contributed by atoms with van der Waals surface area (Å²) >= 11 is 0. The van der Waals surface area contributed by atoms with Gasteiger partial charge in [-0.2, -0.15) is 0 Å². The topological polar surface area (TPSA) is 13.1 Å². The summed E-state index contributed by atoms with van der Waals surface area (Å²) in [4.78, 5) is 0. The number of ether oxygens (including phenoxy) is 1. The number of hydrogen-bond donors (Lipinski definition) is 0. The van der Waals surface area contributed by atoms with Crippen LogP contribution in [0.25, 0.3) is 43.6 Å². The molecule has 0 radical (unpaired) electrons. The molecule has 2 nitrogen and oxygen atoms in total. The highest BCUT2D eigenvalue weighted by Crippen LogP contribution is 2.51. The van der Waals surface area contributed by atoms with E-state index in [1.807, 2.05) is 12.1 Å². The van der Waals surface area contributed by atoms with Gasteiger partial charge in [0.2, 0.25) is 5.69 Å². The number of rotatable bonds is 0. The maximum atomic E-state index is 13.9. The van der Waals surface area contributed by atoms with Gasteiger partial charge in [0.15, 0.2) is 6.20 Å². The minimum absolute atomic E-state index is 0.236. The fourth-order valence-electron chi connectivity index (χ4n) is 5.05. The zero-order valence-electron chi connectivity index (χ0n) is 17.4. The van der Waals surface area contributed by atoms with Gasteiger partial charge in [-0.15, -0.1) is 0 Å². The first-order chi connectivity index (χ1) is 14.4. The molecule has 1 aliphatic heterocycles. The standard InChI is InChI=1S/C27H21FNO/c1-14-5-7-19-16(3)27-24(15(2)22(19)11-14)26-25-21(9-10-29(26)4)20-8-6-18(28)12-17(20)13-23(25)30-27/h5-13H,1-4H3/q+1. The van der Waals surface area contributed by atoms with Crippen LogP contribution in [-0.2, 0) is 7.05 Å². The average Bonchev–Trinajstić information content (AvgIpc) is 2.73. The highest BCUT2D eigenvalue weighted by molar-refractivity contribution is 6.16. The Labute approximate surface area is 174 Å². The van der Waals surface area contributed by atoms with E-state index in [4.69, 9.17) is 4.74 Å². The number of halogens is 1. The molecule has 0 amide bonds. The summed E-state index contributed by atoms with van der Waals surface area (Å²) in [6, 6.07) is 15.6. The minimum atomic E-state index is -0.236. The lowest BCUT2D eigenvalue weighted by Crippen LogP contribution is -2.32. The number of aromatic nitrogens is 1. The van der Waals surface area contributed by atoms with Gasteiger partial charge in [-0.3, -0.25) is 0 Å². The quantitative estimate of drug-likeness (QED) is 0.204. The van der Waals surface area contributed by atoms with Crippen molar-refractivity contribution < 1.29 is 13.7 Å². The molecule has 2 heterocycles. The average molecular weight is 394 g/mol. The molecule has 0 spiro atoms. The summed E-state index contributed by atoms with van der Waals surface area (Å²) in [6.45, 7) is 6.44. The predicted molar refractivity (Wildman–Crippen MR) is 120 cm³/mol. The Hall–Kier alpha value is -3.46. The van der Waals surface area contributed by atoms with Gasteiger partial charge in [-0.1, -0.05) is 29.8 Å². The fourth-order valence-corrected chi connectivity index (χ4v) is 5.05. The molecule has 0 bridgehead atoms. The molecule has 0 atom stereocenters. The molecule has 146 valence electrons. The molecular formula is C27H21FNO+. The summed E-state index contributed by atoms with van der Waals surface area (Å²) in [5.41, 5.74) is 5.90. The van der Waals surface area contributed by atoms with Crippen molar-refractivity contribution in [2.45, 2.75) is 20.8 Å². The van der Waals surface area contributed by atoms with Crippen LogP contribution in [0.1, 0.15) is 16.7 Å². The van der Waals surface area contributed by atoms with Crippen LogP contribution in [0.3, 0.4) is 0 Å². The van der Waals surface area contributed by atoms with E-state index in [0.29, 0.717) is 0 Å². The zero-order chi connectivity index (χ0) is 20.7. The predicted octanol–water partition coefficient (Wildman–Crippen LogP) is 6.81. The van der Waals surface area contributed by atoms with E-state index >= 15 is 0 Å². The lowest BCUT2D eigenvalue weighted by molar-refractivity contribution is -0.659. The SMILES string of the molecule is Cc1ccc2c(C)c3c(c(C)c2c1)-c1c2c(cc4cc(F)ccc4c2cc[n+]1C)O3. The van der Waals surface area contributed by atoms with Crippen molar-refractivity contribution >= 4 is 32.3 Å². The Balaban J connectivity index is 1.85. The Morgan fingerprint density at radius 3 is 2.43 bits per heavy atom. The third-order valence-electron chi connectivity index (χ3n) is 6.53. The molecule has 30 heavy (non-hydrogen) atoms. The number of pyridine rings is 1. The minimum Gasteiger partial charge on any atom is -0.455 e. The molecule has 3 heteroatoms. The Kier molecular flexibility index (Phi) is 3.36. The van der Waals surface area contributed by atoms with Gasteiger partial charge < -0.3 is 4.74 Å². The summed E-state index contributed by atoms with van der Waals surface area (Å²) in [6.07, 6.45) is 2.09. The van der Waals surface area contributed by atoms with Gasteiger partial charge in [0.25, 0.3) is 0 Å². The summed E-state index contributed by atoms with van der Waals surface area (Å²) in [5.74, 6) is 1.45. The van der Waals surface area contributed by atoms with Crippen LogP contribution in [0.4, 0.5) is 4.39 Å². The van der Waals surface area contributed by atoms with E-state index in [2.05, 4.69) is 62.8 Å². The van der Waals surface area contributed by atoms with Crippen LogP contribution in [0.5, 0.6) is 11.5 Å². The maximum absolute atomic E-state index is 13.9. The summed E-state index contributed by atoms with van der Waals surface area (Å²) in [5, 5.41) is 6.53. The van der Waals surface area contributed by atoms with Crippen LogP contribution in [0.2, 0.25) is 0 Å². The van der Waals surface area contributed by atoms with Gasteiger partial charge >= 0.3 is 0 Å². The Bertz CT molecular complexity index is 1570. The van der Waals surface area contributed by atoms with E-state index in [9.17, 15) is 4.39 Å². The van der Waals surface area contributed by atoms with Crippen molar-refractivity contribution in [2.75, 3.05) is 0 Å².